The van der Waals surface area contributed by atoms with Crippen molar-refractivity contribution < 1.29 is 9.59 Å². The minimum Gasteiger partial charge on any atom is -0.323 e. The van der Waals surface area contributed by atoms with Gasteiger partial charge in [0.05, 0.1) is 23.0 Å². The average Bonchev–Trinajstić information content (AvgIpc) is 2.76. The van der Waals surface area contributed by atoms with Gasteiger partial charge in [-0.25, -0.2) is 0 Å². The first-order valence-electron chi connectivity index (χ1n) is 7.82. The van der Waals surface area contributed by atoms with E-state index in [4.69, 9.17) is 5.26 Å². The van der Waals surface area contributed by atoms with E-state index in [0.717, 1.165) is 10.8 Å². The number of nitrogens with zero attached hydrogens (tertiary/aromatic N) is 2. The van der Waals surface area contributed by atoms with Gasteiger partial charge in [-0.2, -0.15) is 5.26 Å². The summed E-state index contributed by atoms with van der Waals surface area (Å²) in [5.41, 5.74) is 2.38. The summed E-state index contributed by atoms with van der Waals surface area (Å²) in [6.45, 7) is 0. The highest BCUT2D eigenvalue weighted by atomic mass is 16.2. The van der Waals surface area contributed by atoms with Gasteiger partial charge in [0.25, 0.3) is 0 Å². The van der Waals surface area contributed by atoms with Gasteiger partial charge in [-0.15, -0.1) is 0 Å². The summed E-state index contributed by atoms with van der Waals surface area (Å²) in [7, 11) is 0. The third-order valence-corrected chi connectivity index (χ3v) is 4.23. The molecular formula is C20H13N3O2. The minimum absolute atomic E-state index is 0.233. The summed E-state index contributed by atoms with van der Waals surface area (Å²) in [5.74, 6) is -0.644. The highest BCUT2D eigenvalue weighted by molar-refractivity contribution is 6.21. The second kappa shape index (κ2) is 5.77. The van der Waals surface area contributed by atoms with Crippen molar-refractivity contribution in [3.05, 3.63) is 66.2 Å². The van der Waals surface area contributed by atoms with E-state index in [9.17, 15) is 9.59 Å². The predicted molar refractivity (Wildman–Crippen MR) is 95.5 cm³/mol. The van der Waals surface area contributed by atoms with Gasteiger partial charge in [0.15, 0.2) is 0 Å². The van der Waals surface area contributed by atoms with Crippen LogP contribution in [-0.2, 0) is 9.59 Å². The maximum atomic E-state index is 12.7. The molecule has 25 heavy (non-hydrogen) atoms. The first kappa shape index (κ1) is 14.9. The monoisotopic (exact) mass is 327 g/mol. The number of nitriles is 1. The van der Waals surface area contributed by atoms with Crippen LogP contribution in [0.5, 0.6) is 0 Å². The highest BCUT2D eigenvalue weighted by Gasteiger charge is 2.28. The fourth-order valence-electron chi connectivity index (χ4n) is 3.08. The maximum Gasteiger partial charge on any atom is 0.241 e. The Kier molecular flexibility index (Phi) is 3.44. The number of carbonyl (C=O) groups is 2. The molecule has 1 aliphatic rings. The molecule has 0 atom stereocenters. The van der Waals surface area contributed by atoms with E-state index < -0.39 is 0 Å². The molecule has 4 rings (SSSR count). The lowest BCUT2D eigenvalue weighted by atomic mass is 10.1. The van der Waals surface area contributed by atoms with E-state index >= 15 is 0 Å². The van der Waals surface area contributed by atoms with Crippen molar-refractivity contribution in [2.45, 2.75) is 6.42 Å². The highest BCUT2D eigenvalue weighted by Crippen LogP contribution is 2.39. The average molecular weight is 327 g/mol. The van der Waals surface area contributed by atoms with Gasteiger partial charge in [-0.3, -0.25) is 14.5 Å². The van der Waals surface area contributed by atoms with Gasteiger partial charge >= 0.3 is 0 Å². The number of hydrogen-bond donors (Lipinski definition) is 1. The largest absolute Gasteiger partial charge is 0.323 e. The van der Waals surface area contributed by atoms with Gasteiger partial charge in [-0.05, 0) is 35.7 Å². The fourth-order valence-corrected chi connectivity index (χ4v) is 3.08. The molecule has 3 aromatic carbocycles. The number of rotatable bonds is 1. The second-order valence-electron chi connectivity index (χ2n) is 5.79. The molecule has 0 saturated heterocycles. The van der Waals surface area contributed by atoms with Crippen molar-refractivity contribution in [3.63, 3.8) is 0 Å². The van der Waals surface area contributed by atoms with E-state index in [2.05, 4.69) is 11.4 Å². The van der Waals surface area contributed by atoms with Crippen molar-refractivity contribution in [2.24, 2.45) is 0 Å². The third-order valence-electron chi connectivity index (χ3n) is 4.23. The number of benzene rings is 3. The van der Waals surface area contributed by atoms with Gasteiger partial charge in [-0.1, -0.05) is 30.3 Å². The normalized spacial score (nSPS) is 13.8. The Morgan fingerprint density at radius 2 is 1.72 bits per heavy atom. The molecular weight excluding hydrogens is 314 g/mol. The molecule has 0 fully saturated rings. The quantitative estimate of drug-likeness (QED) is 0.692. The molecule has 1 heterocycles. The molecule has 1 aliphatic heterocycles. The molecule has 1 N–H and O–H groups in total. The van der Waals surface area contributed by atoms with Crippen LogP contribution >= 0.6 is 0 Å². The molecule has 3 aromatic rings. The predicted octanol–water partition coefficient (Wildman–Crippen LogP) is 3.72. The van der Waals surface area contributed by atoms with Gasteiger partial charge < -0.3 is 5.32 Å². The summed E-state index contributed by atoms with van der Waals surface area (Å²) in [6, 6.07) is 20.3. The molecule has 5 nitrogen and oxygen atoms in total. The smallest absolute Gasteiger partial charge is 0.241 e. The van der Waals surface area contributed by atoms with E-state index in [1.165, 1.54) is 4.90 Å². The van der Waals surface area contributed by atoms with Crippen molar-refractivity contribution in [2.75, 3.05) is 10.2 Å². The molecule has 5 heteroatoms. The number of nitrogens with one attached hydrogen (secondary N) is 1. The van der Waals surface area contributed by atoms with Crippen molar-refractivity contribution >= 4 is 39.6 Å². The summed E-state index contributed by atoms with van der Waals surface area (Å²) in [6.07, 6.45) is -0.233. The summed E-state index contributed by atoms with van der Waals surface area (Å²) in [4.78, 5) is 26.4. The van der Waals surface area contributed by atoms with Gasteiger partial charge in [0, 0.05) is 11.1 Å². The second-order valence-corrected chi connectivity index (χ2v) is 5.79. The molecule has 0 saturated carbocycles. The van der Waals surface area contributed by atoms with Crippen LogP contribution in [0.1, 0.15) is 12.0 Å². The SMILES string of the molecule is N#Cc1ccc(N2C(=O)CC(=O)Nc3c2ccc2ccccc32)cc1. The molecule has 0 aromatic heterocycles. The number of anilines is 3. The molecule has 0 spiro atoms. The van der Waals surface area contributed by atoms with Crippen molar-refractivity contribution in [3.8, 4) is 6.07 Å². The Labute approximate surface area is 144 Å². The van der Waals surface area contributed by atoms with Crippen molar-refractivity contribution in [1.29, 1.82) is 5.26 Å². The zero-order chi connectivity index (χ0) is 17.4. The molecule has 2 amide bonds. The standard InChI is InChI=1S/C20H13N3O2/c21-12-13-5-8-15(9-6-13)23-17-10-7-14-3-1-2-4-16(14)20(17)22-18(24)11-19(23)25/h1-10H,11H2,(H,22,24). The van der Waals surface area contributed by atoms with Crippen LogP contribution in [0, 0.1) is 11.3 Å². The lowest BCUT2D eigenvalue weighted by Crippen LogP contribution is -2.26. The maximum absolute atomic E-state index is 12.7. The van der Waals surface area contributed by atoms with E-state index in [0.29, 0.717) is 22.6 Å². The van der Waals surface area contributed by atoms with E-state index in [1.54, 1.807) is 24.3 Å². The van der Waals surface area contributed by atoms with Gasteiger partial charge in [0.1, 0.15) is 6.42 Å². The zero-order valence-corrected chi connectivity index (χ0v) is 13.2. The van der Waals surface area contributed by atoms with E-state index in [-0.39, 0.29) is 18.2 Å². The Morgan fingerprint density at radius 3 is 2.48 bits per heavy atom. The first-order valence-corrected chi connectivity index (χ1v) is 7.82. The van der Waals surface area contributed by atoms with Gasteiger partial charge in [0.2, 0.25) is 11.8 Å². The summed E-state index contributed by atoms with van der Waals surface area (Å²) >= 11 is 0. The topological polar surface area (TPSA) is 73.2 Å². The molecule has 0 bridgehead atoms. The lowest BCUT2D eigenvalue weighted by molar-refractivity contribution is -0.124. The van der Waals surface area contributed by atoms with E-state index in [1.807, 2.05) is 36.4 Å². The Bertz CT molecular complexity index is 1050. The molecule has 0 unspecified atom stereocenters. The third kappa shape index (κ3) is 2.50. The van der Waals surface area contributed by atoms with Crippen LogP contribution in [0.2, 0.25) is 0 Å². The van der Waals surface area contributed by atoms with Crippen LogP contribution in [0.4, 0.5) is 17.1 Å². The first-order chi connectivity index (χ1) is 12.2. The molecule has 0 aliphatic carbocycles. The zero-order valence-electron chi connectivity index (χ0n) is 13.2. The van der Waals surface area contributed by atoms with Crippen LogP contribution < -0.4 is 10.2 Å². The van der Waals surface area contributed by atoms with Crippen LogP contribution in [0.15, 0.2) is 60.7 Å². The Morgan fingerprint density at radius 1 is 0.960 bits per heavy atom. The number of hydrogen-bond acceptors (Lipinski definition) is 3. The van der Waals surface area contributed by atoms with Crippen LogP contribution in [-0.4, -0.2) is 11.8 Å². The number of amides is 2. The number of fused-ring (bicyclic) bond motifs is 3. The molecule has 0 radical (unpaired) electrons. The Balaban J connectivity index is 1.95. The molecule has 120 valence electrons. The Hall–Kier alpha value is -3.65. The van der Waals surface area contributed by atoms with Crippen LogP contribution in [0.25, 0.3) is 10.8 Å². The summed E-state index contributed by atoms with van der Waals surface area (Å²) < 4.78 is 0. The van der Waals surface area contributed by atoms with Crippen LogP contribution in [0.3, 0.4) is 0 Å². The van der Waals surface area contributed by atoms with Crippen molar-refractivity contribution in [1.82, 2.24) is 0 Å². The number of carbonyl (C=O) groups excluding carboxylic acids is 2. The fraction of sp³-hybridized carbons (Fsp3) is 0.0500. The lowest BCUT2D eigenvalue weighted by Gasteiger charge is -2.23. The summed E-state index contributed by atoms with van der Waals surface area (Å²) in [5, 5.41) is 13.7. The minimum atomic E-state index is -0.334.